The summed E-state index contributed by atoms with van der Waals surface area (Å²) in [5.74, 6) is -1.34. The largest absolute Gasteiger partial charge is 0.480 e. The number of rotatable bonds is 9. The van der Waals surface area contributed by atoms with Gasteiger partial charge in [0.2, 0.25) is 0 Å². The van der Waals surface area contributed by atoms with E-state index in [0.717, 1.165) is 5.01 Å². The van der Waals surface area contributed by atoms with Gasteiger partial charge in [-0.2, -0.15) is 0 Å². The van der Waals surface area contributed by atoms with Crippen LogP contribution in [0, 0.1) is 0 Å². The van der Waals surface area contributed by atoms with E-state index < -0.39 is 41.1 Å². The van der Waals surface area contributed by atoms with Gasteiger partial charge in [-0.25, -0.2) is 18.8 Å². The molecule has 150 valence electrons. The fraction of sp³-hybridized carbons (Fsp3) is 0.786. The Labute approximate surface area is 154 Å². The minimum absolute atomic E-state index is 0.00140. The molecule has 0 bridgehead atoms. The Kier molecular flexibility index (Phi) is 8.24. The molecule has 1 unspecified atom stereocenters. The van der Waals surface area contributed by atoms with Gasteiger partial charge in [-0.15, -0.1) is 0 Å². The summed E-state index contributed by atoms with van der Waals surface area (Å²) in [6, 6.07) is -1.38. The molecule has 2 atom stereocenters. The van der Waals surface area contributed by atoms with Crippen molar-refractivity contribution in [1.29, 1.82) is 0 Å². The number of nitrogens with one attached hydrogen (secondary N) is 1. The molecule has 3 N–H and O–H groups in total. The maximum absolute atomic E-state index is 11.6. The van der Waals surface area contributed by atoms with E-state index >= 15 is 0 Å². The third kappa shape index (κ3) is 7.14. The molecule has 11 nitrogen and oxygen atoms in total. The predicted octanol–water partition coefficient (Wildman–Crippen LogP) is 0.941. The summed E-state index contributed by atoms with van der Waals surface area (Å²) in [6.07, 6.45) is -0.681. The highest BCUT2D eigenvalue weighted by Gasteiger charge is 2.39. The lowest BCUT2D eigenvalue weighted by atomic mass is 10.1. The standard InChI is InChI=1S/C14H25N3O8S/c1-14(2,3)25-12(20)15-7-5-4-6-10(11(18)19)17(26(22)23)16-8-9-24-13(16)21/h10H,4-9H2,1-3H3,(H,15,20)(H,18,19)(H,22,23)/t10-/m0/s1. The summed E-state index contributed by atoms with van der Waals surface area (Å²) in [6.45, 7) is 5.47. The Morgan fingerprint density at radius 1 is 1.42 bits per heavy atom. The van der Waals surface area contributed by atoms with E-state index in [1.165, 1.54) is 0 Å². The third-order valence-corrected chi connectivity index (χ3v) is 4.03. The number of carboxylic acids is 1. The Morgan fingerprint density at radius 3 is 2.54 bits per heavy atom. The van der Waals surface area contributed by atoms with Crippen LogP contribution in [0.2, 0.25) is 0 Å². The number of carboxylic acid groups (broad SMARTS) is 1. The van der Waals surface area contributed by atoms with Gasteiger partial charge in [0.15, 0.2) is 0 Å². The molecule has 1 aliphatic heterocycles. The molecule has 1 heterocycles. The van der Waals surface area contributed by atoms with Gasteiger partial charge in [0.05, 0.1) is 6.54 Å². The highest BCUT2D eigenvalue weighted by atomic mass is 32.2. The molecule has 0 aromatic rings. The zero-order valence-electron chi connectivity index (χ0n) is 15.0. The molecule has 0 saturated carbocycles. The minimum Gasteiger partial charge on any atom is -0.480 e. The molecule has 1 rings (SSSR count). The maximum Gasteiger partial charge on any atom is 0.425 e. The fourth-order valence-electron chi connectivity index (χ4n) is 2.22. The number of carbonyl (C=O) groups is 3. The third-order valence-electron chi connectivity index (χ3n) is 3.26. The lowest BCUT2D eigenvalue weighted by molar-refractivity contribution is -0.145. The average molecular weight is 395 g/mol. The number of hydrazine groups is 1. The number of ether oxygens (including phenoxy) is 2. The minimum atomic E-state index is -2.70. The van der Waals surface area contributed by atoms with Crippen molar-refractivity contribution >= 4 is 29.4 Å². The summed E-state index contributed by atoms with van der Waals surface area (Å²) in [5, 5.41) is 12.7. The molecule has 1 aliphatic rings. The van der Waals surface area contributed by atoms with Crippen molar-refractivity contribution in [3.8, 4) is 0 Å². The topological polar surface area (TPSA) is 146 Å². The number of aliphatic carboxylic acids is 1. The van der Waals surface area contributed by atoms with Gasteiger partial charge in [0.1, 0.15) is 18.2 Å². The van der Waals surface area contributed by atoms with E-state index in [1.54, 1.807) is 20.8 Å². The fourth-order valence-corrected chi connectivity index (χ4v) is 2.95. The molecular formula is C14H25N3O8S. The van der Waals surface area contributed by atoms with Gasteiger partial charge in [-0.05, 0) is 40.0 Å². The van der Waals surface area contributed by atoms with Gasteiger partial charge in [-0.1, -0.05) is 4.41 Å². The van der Waals surface area contributed by atoms with Crippen LogP contribution in [0.4, 0.5) is 9.59 Å². The van der Waals surface area contributed by atoms with Crippen molar-refractivity contribution in [3.05, 3.63) is 0 Å². The normalized spacial score (nSPS) is 17.0. The van der Waals surface area contributed by atoms with E-state index in [9.17, 15) is 28.3 Å². The molecule has 12 heteroatoms. The van der Waals surface area contributed by atoms with Gasteiger partial charge in [-0.3, -0.25) is 9.35 Å². The van der Waals surface area contributed by atoms with Crippen LogP contribution in [0.25, 0.3) is 0 Å². The van der Waals surface area contributed by atoms with Gasteiger partial charge in [0, 0.05) is 6.54 Å². The summed E-state index contributed by atoms with van der Waals surface area (Å²) < 4.78 is 31.3. The molecular weight excluding hydrogens is 370 g/mol. The van der Waals surface area contributed by atoms with Crippen LogP contribution >= 0.6 is 0 Å². The zero-order chi connectivity index (χ0) is 19.9. The van der Waals surface area contributed by atoms with E-state index in [-0.39, 0.29) is 26.1 Å². The molecule has 1 fully saturated rings. The van der Waals surface area contributed by atoms with Crippen molar-refractivity contribution < 1.29 is 37.7 Å². The Morgan fingerprint density at radius 2 is 2.08 bits per heavy atom. The number of cyclic esters (lactones) is 1. The smallest absolute Gasteiger partial charge is 0.425 e. The zero-order valence-corrected chi connectivity index (χ0v) is 15.8. The Bertz CT molecular complexity index is 551. The number of carbonyl (C=O) groups excluding carboxylic acids is 2. The molecule has 0 spiro atoms. The quantitative estimate of drug-likeness (QED) is 0.386. The van der Waals surface area contributed by atoms with Crippen LogP contribution in [0.15, 0.2) is 0 Å². The predicted molar refractivity (Wildman–Crippen MR) is 90.2 cm³/mol. The second-order valence-corrected chi connectivity index (χ2v) is 7.38. The SMILES string of the molecule is CC(C)(C)OC(=O)NCCCC[C@@H](C(=O)O)N(N1CCOC1=O)S(=O)O. The first kappa shape index (κ1) is 22.1. The average Bonchev–Trinajstić information content (AvgIpc) is 2.89. The Hall–Kier alpha value is -1.92. The van der Waals surface area contributed by atoms with E-state index in [0.29, 0.717) is 17.3 Å². The second-order valence-electron chi connectivity index (χ2n) is 6.55. The van der Waals surface area contributed by atoms with E-state index in [4.69, 9.17) is 4.74 Å². The van der Waals surface area contributed by atoms with Crippen LogP contribution in [0.1, 0.15) is 40.0 Å². The van der Waals surface area contributed by atoms with Gasteiger partial charge in [0.25, 0.3) is 11.3 Å². The Balaban J connectivity index is 2.52. The number of nitrogens with zero attached hydrogens (tertiary/aromatic N) is 2. The van der Waals surface area contributed by atoms with Gasteiger partial charge >= 0.3 is 18.2 Å². The van der Waals surface area contributed by atoms with Crippen LogP contribution < -0.4 is 5.32 Å². The van der Waals surface area contributed by atoms with Crippen molar-refractivity contribution in [2.24, 2.45) is 0 Å². The molecule has 0 aromatic heterocycles. The molecule has 0 aliphatic carbocycles. The van der Waals surface area contributed by atoms with Crippen LogP contribution in [0.5, 0.6) is 0 Å². The number of unbranched alkanes of at least 4 members (excludes halogenated alkanes) is 1. The molecule has 0 aromatic carbocycles. The molecule has 2 amide bonds. The van der Waals surface area contributed by atoms with Crippen molar-refractivity contribution in [2.75, 3.05) is 19.7 Å². The summed E-state index contributed by atoms with van der Waals surface area (Å²) in [7, 11) is 0. The van der Waals surface area contributed by atoms with Crippen LogP contribution in [-0.4, -0.2) is 72.8 Å². The molecule has 0 radical (unpaired) electrons. The summed E-state index contributed by atoms with van der Waals surface area (Å²) in [4.78, 5) is 34.6. The van der Waals surface area contributed by atoms with E-state index in [2.05, 4.69) is 10.1 Å². The first-order chi connectivity index (χ1) is 12.0. The van der Waals surface area contributed by atoms with Crippen molar-refractivity contribution in [1.82, 2.24) is 14.7 Å². The number of amides is 2. The first-order valence-corrected chi connectivity index (χ1v) is 9.13. The molecule has 26 heavy (non-hydrogen) atoms. The number of hydrogen-bond donors (Lipinski definition) is 3. The summed E-state index contributed by atoms with van der Waals surface area (Å²) in [5.41, 5.74) is -0.617. The molecule has 1 saturated heterocycles. The lowest BCUT2D eigenvalue weighted by Crippen LogP contribution is -2.53. The van der Waals surface area contributed by atoms with Crippen molar-refractivity contribution in [2.45, 2.75) is 51.7 Å². The second kappa shape index (κ2) is 9.69. The highest BCUT2D eigenvalue weighted by Crippen LogP contribution is 2.18. The van der Waals surface area contributed by atoms with Crippen molar-refractivity contribution in [3.63, 3.8) is 0 Å². The van der Waals surface area contributed by atoms with Crippen LogP contribution in [0.3, 0.4) is 0 Å². The maximum atomic E-state index is 11.6. The lowest BCUT2D eigenvalue weighted by Gasteiger charge is -2.30. The number of hydrogen-bond acceptors (Lipinski definition) is 6. The van der Waals surface area contributed by atoms with Crippen LogP contribution in [-0.2, 0) is 25.5 Å². The number of alkyl carbamates (subject to hydrolysis) is 1. The van der Waals surface area contributed by atoms with E-state index in [1.807, 2.05) is 0 Å². The van der Waals surface area contributed by atoms with Gasteiger partial charge < -0.3 is 19.9 Å². The summed E-state index contributed by atoms with van der Waals surface area (Å²) >= 11 is -2.70. The monoisotopic (exact) mass is 395 g/mol. The first-order valence-electron chi connectivity index (χ1n) is 8.07. The highest BCUT2D eigenvalue weighted by molar-refractivity contribution is 7.76.